The molecule has 45 atom stereocenters. The maximum atomic E-state index is 12.7. The van der Waals surface area contributed by atoms with Gasteiger partial charge in [-0.15, -0.1) is 0 Å². The summed E-state index contributed by atoms with van der Waals surface area (Å²) in [5, 5.41) is 54.3. The molecule has 0 aromatic heterocycles. The number of ether oxygens (including phenoxy) is 8. The standard InChI is InChI=1S/C23H35N3O2.C23H37NO2.C23H36O3.C22H34O4.C20H33NO2.C2H4O2.4CH4/c1-13-6-7-15-18-16(9-11-22(13,15)4)23(5)10-8-14(25-26-24)12-17(23)19-20(18)28-21(2,3)27-19;2*1-13-6-7-15-18-16(9-11-22(13,15)4)23(5)10-8-14(24)12-17(23)19-20(18)26-21(2,3)25-19;1-20(2)25-18-15-11-12(23)7-9-21(15,3)14-8-10-22(4)13(5-6-16(22)24)17(14)19(18)26-20;1-11-4-5-13-16-14(7-9-19(11,13)2)20(3)8-6-12(21)10-15(20)17(22)18(16)23;1-2(3)4;;;;/h14-20H,1,6-12H2,2-5H3;14-20H,1,6-12,24H2,2-5H3;14-20,24H,1,6-12H2,2-5H3;12-15,17-19,23H,5-11H2,1-4H3;12-18,22-23H,1,4-10,21H2,2-3H3;1H3,(H,3,4);4*1H4/t2*14-,15?,16?,17?,18?,19-,20-,22-,23-;14-,15?,16?,17?,18?,19+,20+,22+,23+;12-,13?,14?,15?,17?,18+,19+,21+,22-;12-,13?,14?,15?,16?,17-,18-,19-,20-;;;;;/m11001...../s1. The number of Topliss-reactive ketones (excluding diaryl/α,β-unsaturated/α-hetero) is 1. The van der Waals surface area contributed by atoms with Crippen LogP contribution in [0.5, 0.6) is 0 Å². The van der Waals surface area contributed by atoms with Crippen LogP contribution in [0.25, 0.3) is 10.4 Å². The van der Waals surface area contributed by atoms with Crippen molar-refractivity contribution in [3.05, 3.63) is 59.1 Å². The first-order valence-electron chi connectivity index (χ1n) is 54.3. The number of nitrogens with two attached hydrogens (primary N) is 2. The van der Waals surface area contributed by atoms with Crippen molar-refractivity contribution in [2.24, 2.45) is 189 Å². The molecule has 4 heterocycles. The van der Waals surface area contributed by atoms with Crippen LogP contribution in [-0.2, 0) is 47.5 Å². The molecule has 20 aliphatic carbocycles. The highest BCUT2D eigenvalue weighted by molar-refractivity contribution is 5.87. The van der Waals surface area contributed by atoms with E-state index in [1.54, 1.807) is 0 Å². The van der Waals surface area contributed by atoms with Gasteiger partial charge in [0.05, 0.1) is 73.2 Å². The van der Waals surface area contributed by atoms with Crippen LogP contribution in [0.15, 0.2) is 53.7 Å². The number of allylic oxidation sites excluding steroid dienone is 4. The Kier molecular flexibility index (Phi) is 29.4. The van der Waals surface area contributed by atoms with Gasteiger partial charge in [0.2, 0.25) is 0 Å². The molecule has 24 rings (SSSR count). The van der Waals surface area contributed by atoms with Gasteiger partial charge in [-0.05, 0) is 446 Å². The minimum Gasteiger partial charge on any atom is -0.481 e. The maximum Gasteiger partial charge on any atom is 0.300 e. The largest absolute Gasteiger partial charge is 0.481 e. The van der Waals surface area contributed by atoms with Gasteiger partial charge in [0.15, 0.2) is 23.1 Å². The van der Waals surface area contributed by atoms with Crippen molar-refractivity contribution < 1.29 is 73.0 Å². The van der Waals surface area contributed by atoms with E-state index >= 15 is 0 Å². The Morgan fingerprint density at radius 1 is 0.321 bits per heavy atom. The number of aliphatic hydroxyl groups excluding tert-OH is 4. The van der Waals surface area contributed by atoms with Crippen LogP contribution in [-0.4, -0.2) is 152 Å². The molecule has 20 saturated carbocycles. The van der Waals surface area contributed by atoms with Crippen LogP contribution in [0.1, 0.15) is 386 Å². The van der Waals surface area contributed by atoms with Gasteiger partial charge >= 0.3 is 0 Å². The van der Waals surface area contributed by atoms with E-state index in [0.29, 0.717) is 129 Å². The Hall–Kier alpha value is -3.15. The summed E-state index contributed by atoms with van der Waals surface area (Å²) < 4.78 is 52.6. The normalized spacial score (nSPS) is 54.1. The predicted octanol–water partition coefficient (Wildman–Crippen LogP) is 24.5. The number of hydrogen-bond donors (Lipinski definition) is 7. The third kappa shape index (κ3) is 17.1. The van der Waals surface area contributed by atoms with E-state index < -0.39 is 41.3 Å². The average Bonchev–Trinajstić information content (AvgIpc) is 1.58. The molecule has 20 nitrogen and oxygen atoms in total. The van der Waals surface area contributed by atoms with Crippen LogP contribution in [0.3, 0.4) is 0 Å². The second kappa shape index (κ2) is 37.3. The molecule has 0 radical (unpaired) electrons. The molecule has 20 heteroatoms. The third-order valence-corrected chi connectivity index (χ3v) is 46.6. The molecule has 20 unspecified atom stereocenters. The highest BCUT2D eigenvalue weighted by Crippen LogP contribution is 2.76. The molecular weight excluding hydrogens is 1720 g/mol. The molecule has 9 N–H and O–H groups in total. The zero-order valence-corrected chi connectivity index (χ0v) is 85.6. The molecule has 0 aromatic carbocycles. The Balaban J connectivity index is 0.000000128. The summed E-state index contributed by atoms with van der Waals surface area (Å²) >= 11 is 0. The number of nitrogens with zero attached hydrogens (tertiary/aromatic N) is 3. The van der Waals surface area contributed by atoms with Gasteiger partial charge in [0.1, 0.15) is 5.78 Å². The van der Waals surface area contributed by atoms with Crippen molar-refractivity contribution in [2.45, 2.75) is 501 Å². The zero-order valence-electron chi connectivity index (χ0n) is 85.6. The molecular formula is C117H195N5O15. The smallest absolute Gasteiger partial charge is 0.300 e. The van der Waals surface area contributed by atoms with Crippen molar-refractivity contribution in [1.82, 2.24) is 0 Å². The monoisotopic (exact) mass is 1910 g/mol. The van der Waals surface area contributed by atoms with Gasteiger partial charge in [-0.3, -0.25) is 9.59 Å². The summed E-state index contributed by atoms with van der Waals surface area (Å²) in [6, 6.07) is 0.622. The number of carbonyl (C=O) groups excluding carboxylic acids is 1. The molecule has 778 valence electrons. The molecule has 0 bridgehead atoms. The number of fused-ring (bicyclic) bond motifs is 37. The van der Waals surface area contributed by atoms with E-state index in [4.69, 9.17) is 64.8 Å². The summed E-state index contributed by atoms with van der Waals surface area (Å²) in [7, 11) is 0. The van der Waals surface area contributed by atoms with Crippen LogP contribution in [0.4, 0.5) is 0 Å². The first-order chi connectivity index (χ1) is 62.2. The highest BCUT2D eigenvalue weighted by Gasteiger charge is 2.75. The molecule has 24 aliphatic rings. The van der Waals surface area contributed by atoms with E-state index in [1.165, 1.54) is 125 Å². The van der Waals surface area contributed by atoms with Crippen LogP contribution in [0.2, 0.25) is 0 Å². The lowest BCUT2D eigenvalue weighted by molar-refractivity contribution is -0.210. The minimum atomic E-state index is -0.833. The molecule has 0 amide bonds. The first kappa shape index (κ1) is 108. The van der Waals surface area contributed by atoms with Crippen molar-refractivity contribution in [1.29, 1.82) is 0 Å². The Morgan fingerprint density at radius 3 is 0.898 bits per heavy atom. The van der Waals surface area contributed by atoms with Crippen molar-refractivity contribution in [2.75, 3.05) is 0 Å². The second-order valence-corrected chi connectivity index (χ2v) is 54.1. The number of rotatable bonds is 1. The second-order valence-electron chi connectivity index (χ2n) is 54.1. The molecule has 24 fully saturated rings. The van der Waals surface area contributed by atoms with Gasteiger partial charge in [-0.1, -0.05) is 153 Å². The predicted molar refractivity (Wildman–Crippen MR) is 542 cm³/mol. The SMILES string of the molecule is C.C.C.C.C=C1CCC2C3C(CC[C@]12C)[C@@]1(C)CC[C@@H](N)CC1[C@@H](O)[C@@H]3O.C=C1CCC2C3C(CC[C@]12C)[C@@]1(C)CC[C@@H](N)CC1[C@H]1OC(C)(C)O[C@H]31.C=C1CCC2C3C(CC[C@]12C)[C@@]1(C)CC[C@@H](N=[N+]=[N-])CC1[C@H]1OC(C)(C)O[C@H]31.C=C1CCC2C3C(CC[C@]12C)[C@@]1(C)CC[C@H](O)CC1[C@H]1OC(C)(C)O[C@H]31.CC(=O)O.CC1(C)O[C@@H]2C3C(CC[C@]4(C)C(=O)CCC34)[C@@]3(C)CC[C@H](O)CC3[C@H]2O1. The molecule has 0 aromatic rings. The zero-order chi connectivity index (χ0) is 95.5. The van der Waals surface area contributed by atoms with Gasteiger partial charge in [-0.25, -0.2) is 0 Å². The summed E-state index contributed by atoms with van der Waals surface area (Å²) in [6.45, 7) is 59.8. The van der Waals surface area contributed by atoms with E-state index in [9.17, 15) is 25.2 Å². The number of carboxylic acid groups (broad SMARTS) is 1. The lowest BCUT2D eigenvalue weighted by Gasteiger charge is -2.63. The molecule has 137 heavy (non-hydrogen) atoms. The van der Waals surface area contributed by atoms with Crippen molar-refractivity contribution in [3.8, 4) is 0 Å². The summed E-state index contributed by atoms with van der Waals surface area (Å²) in [5.74, 6) is 8.14. The Labute approximate surface area is 828 Å². The van der Waals surface area contributed by atoms with E-state index in [1.807, 2.05) is 13.8 Å². The first-order valence-corrected chi connectivity index (χ1v) is 54.3. The van der Waals surface area contributed by atoms with Gasteiger partial charge in [-0.2, -0.15) is 0 Å². The van der Waals surface area contributed by atoms with Gasteiger partial charge < -0.3 is 74.9 Å². The van der Waals surface area contributed by atoms with Gasteiger partial charge in [0, 0.05) is 41.8 Å². The quantitative estimate of drug-likeness (QED) is 0.0555. The number of carbonyl (C=O) groups is 2. The summed E-state index contributed by atoms with van der Waals surface area (Å²) in [5.41, 5.74) is 29.6. The van der Waals surface area contributed by atoms with Crippen LogP contribution < -0.4 is 11.5 Å². The topological polar surface area (TPSA) is 310 Å². The van der Waals surface area contributed by atoms with E-state index in [0.717, 1.165) is 135 Å². The van der Waals surface area contributed by atoms with Crippen LogP contribution >= 0.6 is 0 Å². The Morgan fingerprint density at radius 2 is 0.569 bits per heavy atom. The van der Waals surface area contributed by atoms with Gasteiger partial charge in [0.25, 0.3) is 5.97 Å². The number of aliphatic carboxylic acids is 1. The highest BCUT2D eigenvalue weighted by atomic mass is 16.8. The summed E-state index contributed by atoms with van der Waals surface area (Å²) in [4.78, 5) is 24.8. The fourth-order valence-electron chi connectivity index (χ4n) is 39.6. The number of carboxylic acids is 1. The summed E-state index contributed by atoms with van der Waals surface area (Å²) in [6.07, 6.45) is 38.7. The van der Waals surface area contributed by atoms with E-state index in [2.05, 4.69) is 147 Å². The number of hydrogen-bond acceptors (Lipinski definition) is 17. The average molecular weight is 1910 g/mol. The number of azide groups is 1. The number of ketones is 1. The molecule has 4 saturated heterocycles. The number of aliphatic hydroxyl groups is 4. The fraction of sp³-hybridized carbons (Fsp3) is 0.915. The Bertz CT molecular complexity index is 4260. The minimum absolute atomic E-state index is 0. The third-order valence-electron chi connectivity index (χ3n) is 46.6. The van der Waals surface area contributed by atoms with Crippen LogP contribution in [0, 0.1) is 173 Å². The van der Waals surface area contributed by atoms with E-state index in [-0.39, 0.29) is 153 Å². The van der Waals surface area contributed by atoms with Crippen molar-refractivity contribution in [3.63, 3.8) is 0 Å². The molecule has 0 spiro atoms. The lowest BCUT2D eigenvalue weighted by atomic mass is 9.43. The lowest BCUT2D eigenvalue weighted by Crippen LogP contribution is -2.64. The maximum absolute atomic E-state index is 12.7. The van der Waals surface area contributed by atoms with Crippen molar-refractivity contribution >= 4 is 11.8 Å². The fourth-order valence-corrected chi connectivity index (χ4v) is 39.6. The molecule has 4 aliphatic heterocycles.